The summed E-state index contributed by atoms with van der Waals surface area (Å²) in [7, 11) is 0. The van der Waals surface area contributed by atoms with Gasteiger partial charge in [0.05, 0.1) is 0 Å². The number of para-hydroxylation sites is 2. The molecule has 0 saturated heterocycles. The van der Waals surface area contributed by atoms with Crippen LogP contribution in [-0.2, 0) is 0 Å². The summed E-state index contributed by atoms with van der Waals surface area (Å²) in [5, 5.41) is 5.04. The zero-order chi connectivity index (χ0) is 39.8. The molecule has 0 saturated carbocycles. The third-order valence-corrected chi connectivity index (χ3v) is 12.8. The zero-order valence-electron chi connectivity index (χ0n) is 32.9. The van der Waals surface area contributed by atoms with E-state index in [1.807, 2.05) is 11.3 Å². The maximum atomic E-state index is 2.44. The average molecular weight is 782 g/mol. The van der Waals surface area contributed by atoms with Crippen molar-refractivity contribution >= 4 is 59.3 Å². The Morgan fingerprint density at radius 3 is 1.08 bits per heavy atom. The van der Waals surface area contributed by atoms with E-state index < -0.39 is 0 Å². The topological polar surface area (TPSA) is 3.24 Å². The number of thiophene rings is 1. The van der Waals surface area contributed by atoms with Gasteiger partial charge in [-0.15, -0.1) is 11.3 Å². The molecule has 1 heterocycles. The Bertz CT molecular complexity index is 3230. The summed E-state index contributed by atoms with van der Waals surface area (Å²) < 4.78 is 2.55. The highest BCUT2D eigenvalue weighted by Gasteiger charge is 2.24. The van der Waals surface area contributed by atoms with Gasteiger partial charge < -0.3 is 4.90 Å². The van der Waals surface area contributed by atoms with E-state index in [0.717, 1.165) is 17.1 Å². The van der Waals surface area contributed by atoms with Gasteiger partial charge in [-0.25, -0.2) is 0 Å². The van der Waals surface area contributed by atoms with Crippen LogP contribution in [0.4, 0.5) is 17.1 Å². The molecule has 0 fully saturated rings. The number of hydrogen-bond donors (Lipinski definition) is 0. The molecular formula is C58H39NS. The van der Waals surface area contributed by atoms with E-state index >= 15 is 0 Å². The molecule has 0 aliphatic heterocycles. The monoisotopic (exact) mass is 781 g/mol. The van der Waals surface area contributed by atoms with Gasteiger partial charge in [-0.05, 0) is 115 Å². The van der Waals surface area contributed by atoms with Gasteiger partial charge in [0.1, 0.15) is 0 Å². The molecule has 60 heavy (non-hydrogen) atoms. The largest absolute Gasteiger partial charge is 0.310 e. The van der Waals surface area contributed by atoms with Crippen LogP contribution in [0, 0.1) is 0 Å². The molecule has 10 aromatic carbocycles. The molecule has 0 radical (unpaired) electrons. The Balaban J connectivity index is 1.13. The van der Waals surface area contributed by atoms with Gasteiger partial charge in [0.25, 0.3) is 0 Å². The Labute approximate surface area is 354 Å². The molecule has 0 amide bonds. The Morgan fingerprint density at radius 2 is 0.600 bits per heavy atom. The first-order valence-corrected chi connectivity index (χ1v) is 21.3. The fraction of sp³-hybridized carbons (Fsp3) is 0. The van der Waals surface area contributed by atoms with Crippen LogP contribution in [0.2, 0.25) is 0 Å². The molecular weight excluding hydrogens is 743 g/mol. The number of anilines is 3. The summed E-state index contributed by atoms with van der Waals surface area (Å²) in [6.07, 6.45) is 0. The lowest BCUT2D eigenvalue weighted by atomic mass is 9.78. The van der Waals surface area contributed by atoms with E-state index in [1.54, 1.807) is 0 Å². The highest BCUT2D eigenvalue weighted by molar-refractivity contribution is 7.25. The minimum atomic E-state index is 1.14. The fourth-order valence-corrected chi connectivity index (χ4v) is 10.1. The van der Waals surface area contributed by atoms with Crippen molar-refractivity contribution in [2.45, 2.75) is 0 Å². The maximum absolute atomic E-state index is 2.44. The molecule has 0 atom stereocenters. The maximum Gasteiger partial charge on any atom is 0.0476 e. The third-order valence-electron chi connectivity index (χ3n) is 11.6. The predicted molar refractivity (Wildman–Crippen MR) is 259 cm³/mol. The Morgan fingerprint density at radius 1 is 0.233 bits per heavy atom. The van der Waals surface area contributed by atoms with Crippen LogP contribution < -0.4 is 4.90 Å². The van der Waals surface area contributed by atoms with Crippen molar-refractivity contribution in [1.82, 2.24) is 0 Å². The molecule has 11 aromatic rings. The first-order chi connectivity index (χ1) is 29.8. The Kier molecular flexibility index (Phi) is 9.11. The van der Waals surface area contributed by atoms with Gasteiger partial charge in [0.15, 0.2) is 0 Å². The second-order valence-electron chi connectivity index (χ2n) is 15.2. The van der Waals surface area contributed by atoms with Gasteiger partial charge in [0.2, 0.25) is 0 Å². The van der Waals surface area contributed by atoms with Crippen molar-refractivity contribution in [2.24, 2.45) is 0 Å². The molecule has 11 rings (SSSR count). The predicted octanol–water partition coefficient (Wildman–Crippen LogP) is 17.0. The van der Waals surface area contributed by atoms with Crippen molar-refractivity contribution in [3.8, 4) is 55.6 Å². The average Bonchev–Trinajstić information content (AvgIpc) is 3.70. The van der Waals surface area contributed by atoms with Gasteiger partial charge in [-0.1, -0.05) is 188 Å². The molecule has 0 aliphatic carbocycles. The van der Waals surface area contributed by atoms with Crippen molar-refractivity contribution in [1.29, 1.82) is 0 Å². The third kappa shape index (κ3) is 6.35. The van der Waals surface area contributed by atoms with Crippen molar-refractivity contribution in [3.05, 3.63) is 237 Å². The van der Waals surface area contributed by atoms with Crippen molar-refractivity contribution in [3.63, 3.8) is 0 Å². The normalized spacial score (nSPS) is 11.3. The van der Waals surface area contributed by atoms with E-state index in [-0.39, 0.29) is 0 Å². The van der Waals surface area contributed by atoms with Gasteiger partial charge in [-0.2, -0.15) is 0 Å². The molecule has 1 aromatic heterocycles. The minimum absolute atomic E-state index is 1.14. The van der Waals surface area contributed by atoms with E-state index in [9.17, 15) is 0 Å². The van der Waals surface area contributed by atoms with E-state index in [0.29, 0.717) is 0 Å². The first-order valence-electron chi connectivity index (χ1n) is 20.5. The molecule has 0 bridgehead atoms. The van der Waals surface area contributed by atoms with Gasteiger partial charge >= 0.3 is 0 Å². The number of fused-ring (bicyclic) bond motifs is 4. The van der Waals surface area contributed by atoms with E-state index in [4.69, 9.17) is 0 Å². The lowest BCUT2D eigenvalue weighted by molar-refractivity contribution is 1.29. The van der Waals surface area contributed by atoms with E-state index in [1.165, 1.54) is 86.6 Å². The minimum Gasteiger partial charge on any atom is -0.310 e. The van der Waals surface area contributed by atoms with Crippen molar-refractivity contribution in [2.75, 3.05) is 4.90 Å². The van der Waals surface area contributed by atoms with Crippen LogP contribution in [0.1, 0.15) is 0 Å². The molecule has 2 heteroatoms. The molecule has 0 N–H and O–H groups in total. The summed E-state index contributed by atoms with van der Waals surface area (Å²) in [5.74, 6) is 0. The summed E-state index contributed by atoms with van der Waals surface area (Å²) in [6.45, 7) is 0. The lowest BCUT2D eigenvalue weighted by Gasteiger charge is -2.25. The summed E-state index contributed by atoms with van der Waals surface area (Å²) in [4.78, 5) is 2.34. The summed E-state index contributed by atoms with van der Waals surface area (Å²) in [6, 6.07) is 86.1. The quantitative estimate of drug-likeness (QED) is 0.148. The Hall–Kier alpha value is -7.52. The van der Waals surface area contributed by atoms with Gasteiger partial charge in [0, 0.05) is 37.2 Å². The number of benzene rings is 10. The van der Waals surface area contributed by atoms with Crippen LogP contribution in [0.25, 0.3) is 86.6 Å². The lowest BCUT2D eigenvalue weighted by Crippen LogP contribution is -2.09. The molecule has 1 nitrogen and oxygen atoms in total. The number of nitrogens with zero attached hydrogens (tertiary/aromatic N) is 1. The highest BCUT2D eigenvalue weighted by Crippen LogP contribution is 2.52. The van der Waals surface area contributed by atoms with Gasteiger partial charge in [-0.3, -0.25) is 0 Å². The van der Waals surface area contributed by atoms with E-state index in [2.05, 4.69) is 241 Å². The standard InChI is InChI=1S/C58H39NS/c1-7-19-40(20-8-1)55-51-35-32-44(37-52(51)56(41-21-9-2-10-22-41)58(43-25-13-4-14-26-43)57(55)42-23-11-3-12-24-42)45-31-34-49-50-36-33-48(39-54(50)60-53(49)38-45)59(46-27-15-5-16-28-46)47-29-17-6-18-30-47/h1-39H. The van der Waals surface area contributed by atoms with Crippen LogP contribution in [0.3, 0.4) is 0 Å². The van der Waals surface area contributed by atoms with Crippen LogP contribution >= 0.6 is 11.3 Å². The SMILES string of the molecule is c1ccc(-c2c(-c3ccccc3)c(-c3ccccc3)c3cc(-c4ccc5c(c4)sc4cc(N(c6ccccc6)c6ccccc6)ccc45)ccc3c2-c2ccccc2)cc1. The van der Waals surface area contributed by atoms with Crippen LogP contribution in [0.15, 0.2) is 237 Å². The summed E-state index contributed by atoms with van der Waals surface area (Å²) in [5.41, 5.74) is 15.6. The van der Waals surface area contributed by atoms with Crippen molar-refractivity contribution < 1.29 is 0 Å². The fourth-order valence-electron chi connectivity index (χ4n) is 8.95. The highest BCUT2D eigenvalue weighted by atomic mass is 32.1. The van der Waals surface area contributed by atoms with Crippen LogP contribution in [-0.4, -0.2) is 0 Å². The smallest absolute Gasteiger partial charge is 0.0476 e. The molecule has 0 spiro atoms. The molecule has 0 unspecified atom stereocenters. The first kappa shape index (κ1) is 35.6. The second kappa shape index (κ2) is 15.3. The number of rotatable bonds is 8. The molecule has 0 aliphatic rings. The molecule has 282 valence electrons. The number of hydrogen-bond acceptors (Lipinski definition) is 2. The summed E-state index contributed by atoms with van der Waals surface area (Å²) >= 11 is 1.87. The zero-order valence-corrected chi connectivity index (χ0v) is 33.7. The second-order valence-corrected chi connectivity index (χ2v) is 16.3. The van der Waals surface area contributed by atoms with Crippen LogP contribution in [0.5, 0.6) is 0 Å².